The molecule has 0 radical (unpaired) electrons. The van der Waals surface area contributed by atoms with E-state index in [9.17, 15) is 13.9 Å². The van der Waals surface area contributed by atoms with Gasteiger partial charge < -0.3 is 15.3 Å². The molecule has 108 valence electrons. The summed E-state index contributed by atoms with van der Waals surface area (Å²) < 4.78 is 24.3. The van der Waals surface area contributed by atoms with Crippen LogP contribution in [0.25, 0.3) is 0 Å². The molecule has 2 N–H and O–H groups in total. The topological polar surface area (TPSA) is 35.5 Å². The summed E-state index contributed by atoms with van der Waals surface area (Å²) in [5.41, 5.74) is -0.215. The van der Waals surface area contributed by atoms with Gasteiger partial charge in [0, 0.05) is 11.6 Å². The first kappa shape index (κ1) is 15.8. The lowest BCUT2D eigenvalue weighted by atomic mass is 9.91. The fraction of sp³-hybridized carbons (Fsp3) is 1.00. The summed E-state index contributed by atoms with van der Waals surface area (Å²) in [4.78, 5) is 1.65. The van der Waals surface area contributed by atoms with E-state index < -0.39 is 6.43 Å². The van der Waals surface area contributed by atoms with Crippen molar-refractivity contribution < 1.29 is 13.9 Å². The number of hydrogen-bond acceptors (Lipinski definition) is 3. The number of aliphatic hydroxyl groups is 1. The Morgan fingerprint density at radius 1 is 1.44 bits per heavy atom. The zero-order valence-electron chi connectivity index (χ0n) is 11.5. The van der Waals surface area contributed by atoms with Crippen molar-refractivity contribution in [2.75, 3.05) is 26.7 Å². The van der Waals surface area contributed by atoms with Gasteiger partial charge in [-0.2, -0.15) is 0 Å². The molecule has 1 saturated carbocycles. The first-order valence-electron chi connectivity index (χ1n) is 6.86. The third-order valence-corrected chi connectivity index (χ3v) is 3.71. The zero-order valence-corrected chi connectivity index (χ0v) is 11.5. The maximum absolute atomic E-state index is 12.2. The Labute approximate surface area is 109 Å². The van der Waals surface area contributed by atoms with Crippen LogP contribution in [0.15, 0.2) is 0 Å². The lowest BCUT2D eigenvalue weighted by Gasteiger charge is -2.33. The number of halogens is 2. The van der Waals surface area contributed by atoms with Crippen LogP contribution >= 0.6 is 0 Å². The van der Waals surface area contributed by atoms with E-state index in [1.807, 2.05) is 0 Å². The summed E-state index contributed by atoms with van der Waals surface area (Å²) in [5.74, 6) is 0. The average molecular weight is 264 g/mol. The Bertz CT molecular complexity index is 231. The molecule has 3 nitrogen and oxygen atoms in total. The van der Waals surface area contributed by atoms with Crippen molar-refractivity contribution in [2.45, 2.75) is 57.0 Å². The van der Waals surface area contributed by atoms with Gasteiger partial charge in [0.25, 0.3) is 6.43 Å². The second kappa shape index (κ2) is 7.36. The molecule has 1 aliphatic rings. The average Bonchev–Trinajstić information content (AvgIpc) is 3.10. The van der Waals surface area contributed by atoms with E-state index in [4.69, 9.17) is 0 Å². The van der Waals surface area contributed by atoms with Crippen LogP contribution in [-0.2, 0) is 0 Å². The Morgan fingerprint density at radius 2 is 2.11 bits per heavy atom. The van der Waals surface area contributed by atoms with Crippen molar-refractivity contribution in [3.8, 4) is 0 Å². The molecule has 0 amide bonds. The molecule has 0 aromatic heterocycles. The van der Waals surface area contributed by atoms with Gasteiger partial charge in [-0.1, -0.05) is 6.92 Å². The van der Waals surface area contributed by atoms with Crippen LogP contribution in [0, 0.1) is 0 Å². The van der Waals surface area contributed by atoms with Crippen molar-refractivity contribution in [3.63, 3.8) is 0 Å². The number of aliphatic hydroxyl groups excluding tert-OH is 1. The molecule has 1 rings (SSSR count). The lowest BCUT2D eigenvalue weighted by Crippen LogP contribution is -2.49. The van der Waals surface area contributed by atoms with Crippen molar-refractivity contribution in [3.05, 3.63) is 0 Å². The van der Waals surface area contributed by atoms with Crippen LogP contribution in [0.4, 0.5) is 8.78 Å². The second-order valence-electron chi connectivity index (χ2n) is 5.47. The maximum Gasteiger partial charge on any atom is 0.251 e. The Kier molecular flexibility index (Phi) is 6.46. The van der Waals surface area contributed by atoms with Crippen molar-refractivity contribution >= 4 is 0 Å². The summed E-state index contributed by atoms with van der Waals surface area (Å²) in [6.07, 6.45) is 2.65. The van der Waals surface area contributed by atoms with E-state index in [0.29, 0.717) is 12.6 Å². The summed E-state index contributed by atoms with van der Waals surface area (Å²) >= 11 is 0. The van der Waals surface area contributed by atoms with Crippen molar-refractivity contribution in [1.82, 2.24) is 10.2 Å². The SMILES string of the molecule is CCC(CO)(CCCN(C)CC(F)F)NC1CC1. The summed E-state index contributed by atoms with van der Waals surface area (Å²) in [7, 11) is 1.72. The molecule has 18 heavy (non-hydrogen) atoms. The molecule has 0 saturated heterocycles. The van der Waals surface area contributed by atoms with E-state index in [0.717, 1.165) is 19.3 Å². The molecular weight excluding hydrogens is 238 g/mol. The van der Waals surface area contributed by atoms with Gasteiger partial charge in [-0.3, -0.25) is 0 Å². The number of rotatable bonds is 10. The van der Waals surface area contributed by atoms with Gasteiger partial charge in [0.2, 0.25) is 0 Å². The molecule has 0 spiro atoms. The molecule has 1 unspecified atom stereocenters. The monoisotopic (exact) mass is 264 g/mol. The maximum atomic E-state index is 12.2. The van der Waals surface area contributed by atoms with Crippen LogP contribution in [0.5, 0.6) is 0 Å². The normalized spacial score (nSPS) is 19.5. The zero-order chi connectivity index (χ0) is 13.6. The smallest absolute Gasteiger partial charge is 0.251 e. The Balaban J connectivity index is 2.28. The van der Waals surface area contributed by atoms with Crippen molar-refractivity contribution in [2.24, 2.45) is 0 Å². The highest BCUT2D eigenvalue weighted by atomic mass is 19.3. The molecule has 0 aromatic carbocycles. The number of hydrogen-bond donors (Lipinski definition) is 2. The minimum atomic E-state index is -2.27. The van der Waals surface area contributed by atoms with E-state index >= 15 is 0 Å². The van der Waals surface area contributed by atoms with Gasteiger partial charge in [0.15, 0.2) is 0 Å². The number of nitrogens with one attached hydrogen (secondary N) is 1. The van der Waals surface area contributed by atoms with Gasteiger partial charge in [0.1, 0.15) is 0 Å². The van der Waals surface area contributed by atoms with Crippen LogP contribution < -0.4 is 5.32 Å². The molecule has 0 aliphatic heterocycles. The van der Waals surface area contributed by atoms with Gasteiger partial charge >= 0.3 is 0 Å². The summed E-state index contributed by atoms with van der Waals surface area (Å²) in [5, 5.41) is 13.1. The largest absolute Gasteiger partial charge is 0.394 e. The van der Waals surface area contributed by atoms with Crippen LogP contribution in [0.2, 0.25) is 0 Å². The second-order valence-corrected chi connectivity index (χ2v) is 5.47. The van der Waals surface area contributed by atoms with Crippen LogP contribution in [-0.4, -0.2) is 54.8 Å². The molecule has 0 heterocycles. The number of nitrogens with zero attached hydrogens (tertiary/aromatic N) is 1. The summed E-state index contributed by atoms with van der Waals surface area (Å²) in [6.45, 7) is 2.67. The minimum Gasteiger partial charge on any atom is -0.394 e. The van der Waals surface area contributed by atoms with Crippen molar-refractivity contribution in [1.29, 1.82) is 0 Å². The first-order valence-corrected chi connectivity index (χ1v) is 6.86. The fourth-order valence-electron chi connectivity index (χ4n) is 2.26. The van der Waals surface area contributed by atoms with E-state index in [2.05, 4.69) is 12.2 Å². The third-order valence-electron chi connectivity index (χ3n) is 3.71. The molecule has 1 aliphatic carbocycles. The third kappa shape index (κ3) is 5.59. The molecule has 0 aromatic rings. The molecule has 0 bridgehead atoms. The number of alkyl halides is 2. The van der Waals surface area contributed by atoms with E-state index in [1.54, 1.807) is 11.9 Å². The van der Waals surface area contributed by atoms with Gasteiger partial charge in [0.05, 0.1) is 13.2 Å². The highest BCUT2D eigenvalue weighted by Crippen LogP contribution is 2.26. The predicted molar refractivity (Wildman–Crippen MR) is 69.0 cm³/mol. The highest BCUT2D eigenvalue weighted by Gasteiger charge is 2.33. The first-order chi connectivity index (χ1) is 8.51. The minimum absolute atomic E-state index is 0.124. The van der Waals surface area contributed by atoms with Gasteiger partial charge in [-0.05, 0) is 45.7 Å². The standard InChI is InChI=1S/C13H26F2N2O/c1-3-13(10-18,16-11-5-6-11)7-4-8-17(2)9-12(14)15/h11-12,16,18H,3-10H2,1-2H3. The summed E-state index contributed by atoms with van der Waals surface area (Å²) in [6, 6.07) is 0.552. The molecule has 5 heteroatoms. The lowest BCUT2D eigenvalue weighted by molar-refractivity contribution is 0.0945. The fourth-order valence-corrected chi connectivity index (χ4v) is 2.26. The van der Waals surface area contributed by atoms with Gasteiger partial charge in [-0.25, -0.2) is 8.78 Å². The quantitative estimate of drug-likeness (QED) is 0.632. The molecule has 1 fully saturated rings. The highest BCUT2D eigenvalue weighted by molar-refractivity contribution is 4.94. The van der Waals surface area contributed by atoms with Crippen LogP contribution in [0.1, 0.15) is 39.0 Å². The molecule has 1 atom stereocenters. The van der Waals surface area contributed by atoms with E-state index in [1.165, 1.54) is 12.8 Å². The Morgan fingerprint density at radius 3 is 2.56 bits per heavy atom. The Hall–Kier alpha value is -0.260. The van der Waals surface area contributed by atoms with Gasteiger partial charge in [-0.15, -0.1) is 0 Å². The molecular formula is C13H26F2N2O. The van der Waals surface area contributed by atoms with E-state index in [-0.39, 0.29) is 18.7 Å². The van der Waals surface area contributed by atoms with Crippen LogP contribution in [0.3, 0.4) is 0 Å². The predicted octanol–water partition coefficient (Wildman–Crippen LogP) is 1.86.